The molecule has 1 aliphatic heterocycles. The molecule has 3 aromatic rings. The molecule has 1 saturated heterocycles. The first-order valence-corrected chi connectivity index (χ1v) is 10.4. The van der Waals surface area contributed by atoms with Gasteiger partial charge in [0.15, 0.2) is 23.4 Å². The molecule has 12 nitrogen and oxygen atoms in total. The van der Waals surface area contributed by atoms with E-state index in [0.29, 0.717) is 0 Å². The number of fused-ring (bicyclic) bond motifs is 1. The van der Waals surface area contributed by atoms with Gasteiger partial charge in [-0.15, -0.1) is 0 Å². The fourth-order valence-corrected chi connectivity index (χ4v) is 3.80. The van der Waals surface area contributed by atoms with Gasteiger partial charge in [0, 0.05) is 24.6 Å². The minimum absolute atomic E-state index is 0.0498. The van der Waals surface area contributed by atoms with Crippen molar-refractivity contribution in [2.75, 3.05) is 0 Å². The molecule has 5 atom stereocenters. The zero-order chi connectivity index (χ0) is 25.6. The van der Waals surface area contributed by atoms with Gasteiger partial charge in [0.05, 0.1) is 6.10 Å². The van der Waals surface area contributed by atoms with Crippen molar-refractivity contribution >= 4 is 16.9 Å². The number of carbonyl (C=O) groups is 1. The van der Waals surface area contributed by atoms with Crippen LogP contribution in [0.15, 0.2) is 39.5 Å². The molecular weight excluding hydrogens is 468 g/mol. The molecule has 186 valence electrons. The highest BCUT2D eigenvalue weighted by Crippen LogP contribution is 2.39. The number of benzene rings is 2. The van der Waals surface area contributed by atoms with E-state index in [4.69, 9.17) is 18.6 Å². The number of aliphatic hydroxyl groups excluding tert-OH is 2. The Morgan fingerprint density at radius 1 is 0.971 bits per heavy atom. The van der Waals surface area contributed by atoms with Crippen molar-refractivity contribution in [3.63, 3.8) is 0 Å². The second kappa shape index (κ2) is 8.98. The van der Waals surface area contributed by atoms with Gasteiger partial charge in [-0.1, -0.05) is 0 Å². The van der Waals surface area contributed by atoms with Gasteiger partial charge in [0.1, 0.15) is 34.7 Å². The second-order valence-corrected chi connectivity index (χ2v) is 8.01. The minimum atomic E-state index is -1.78. The van der Waals surface area contributed by atoms with Gasteiger partial charge in [-0.25, -0.2) is 0 Å². The number of hydrogen-bond acceptors (Lipinski definition) is 12. The zero-order valence-electron chi connectivity index (χ0n) is 18.4. The summed E-state index contributed by atoms with van der Waals surface area (Å²) in [5.74, 6) is -3.59. The molecule has 0 bridgehead atoms. The van der Waals surface area contributed by atoms with Crippen LogP contribution < -0.4 is 10.2 Å². The Hall–Kier alpha value is -4.00. The van der Waals surface area contributed by atoms with Crippen LogP contribution in [0.2, 0.25) is 0 Å². The Kier molecular flexibility index (Phi) is 6.19. The first-order chi connectivity index (χ1) is 16.5. The molecule has 12 heteroatoms. The summed E-state index contributed by atoms with van der Waals surface area (Å²) in [7, 11) is 0. The highest BCUT2D eigenvalue weighted by atomic mass is 16.7. The van der Waals surface area contributed by atoms with Gasteiger partial charge < -0.3 is 49.3 Å². The van der Waals surface area contributed by atoms with Crippen molar-refractivity contribution in [2.24, 2.45) is 0 Å². The molecule has 1 aliphatic rings. The van der Waals surface area contributed by atoms with Crippen molar-refractivity contribution < 1.29 is 54.1 Å². The van der Waals surface area contributed by atoms with Crippen LogP contribution in [0, 0.1) is 0 Å². The summed E-state index contributed by atoms with van der Waals surface area (Å²) >= 11 is 0. The molecular formula is C23H22O12. The van der Waals surface area contributed by atoms with Crippen LogP contribution in [-0.2, 0) is 14.3 Å². The van der Waals surface area contributed by atoms with E-state index in [2.05, 4.69) is 0 Å². The van der Waals surface area contributed by atoms with E-state index in [0.717, 1.165) is 31.2 Å². The van der Waals surface area contributed by atoms with Crippen molar-refractivity contribution in [3.05, 3.63) is 40.6 Å². The number of aliphatic hydroxyl groups is 2. The maximum atomic E-state index is 13.4. The van der Waals surface area contributed by atoms with Crippen LogP contribution >= 0.6 is 0 Å². The Labute approximate surface area is 196 Å². The maximum absolute atomic E-state index is 13.4. The lowest BCUT2D eigenvalue weighted by molar-refractivity contribution is -0.272. The molecule has 6 N–H and O–H groups in total. The molecule has 2 heterocycles. The van der Waals surface area contributed by atoms with E-state index < -0.39 is 70.9 Å². The van der Waals surface area contributed by atoms with Gasteiger partial charge in [-0.05, 0) is 25.1 Å². The van der Waals surface area contributed by atoms with E-state index in [1.54, 1.807) is 0 Å². The SMILES string of the molecule is CC(=O)O[C@@H]1[C@@H](O)[C@@H](O)[C@H](Oc2c(-c3ccc(O)c(O)c3)oc3cc(O)cc(O)c3c2=O)O[C@H]1C. The molecule has 2 aromatic carbocycles. The van der Waals surface area contributed by atoms with E-state index in [9.17, 15) is 40.2 Å². The van der Waals surface area contributed by atoms with Crippen molar-refractivity contribution in [2.45, 2.75) is 44.6 Å². The molecule has 0 radical (unpaired) electrons. The summed E-state index contributed by atoms with van der Waals surface area (Å²) in [6, 6.07) is 5.48. The normalized spacial score (nSPS) is 24.3. The summed E-state index contributed by atoms with van der Waals surface area (Å²) in [4.78, 5) is 24.7. The number of ether oxygens (including phenoxy) is 3. The van der Waals surface area contributed by atoms with E-state index in [1.165, 1.54) is 13.0 Å². The number of phenolic OH excluding ortho intramolecular Hbond substituents is 4. The fourth-order valence-electron chi connectivity index (χ4n) is 3.80. The number of rotatable bonds is 4. The van der Waals surface area contributed by atoms with Crippen LogP contribution in [-0.4, -0.2) is 67.3 Å². The largest absolute Gasteiger partial charge is 0.508 e. The van der Waals surface area contributed by atoms with Crippen LogP contribution in [0.4, 0.5) is 0 Å². The van der Waals surface area contributed by atoms with Crippen LogP contribution in [0.1, 0.15) is 13.8 Å². The first-order valence-electron chi connectivity index (χ1n) is 10.4. The Bertz CT molecular complexity index is 1350. The lowest BCUT2D eigenvalue weighted by Gasteiger charge is -2.40. The molecule has 0 spiro atoms. The lowest BCUT2D eigenvalue weighted by atomic mass is 9.99. The van der Waals surface area contributed by atoms with Crippen molar-refractivity contribution in [3.8, 4) is 40.1 Å². The van der Waals surface area contributed by atoms with Crippen LogP contribution in [0.3, 0.4) is 0 Å². The van der Waals surface area contributed by atoms with Crippen molar-refractivity contribution in [1.82, 2.24) is 0 Å². The third-order valence-electron chi connectivity index (χ3n) is 5.47. The molecule has 0 saturated carbocycles. The third kappa shape index (κ3) is 4.41. The lowest BCUT2D eigenvalue weighted by Crippen LogP contribution is -2.59. The molecule has 1 aromatic heterocycles. The minimum Gasteiger partial charge on any atom is -0.508 e. The molecule has 4 rings (SSSR count). The number of hydrogen-bond donors (Lipinski definition) is 6. The van der Waals surface area contributed by atoms with Gasteiger partial charge in [-0.2, -0.15) is 0 Å². The zero-order valence-corrected chi connectivity index (χ0v) is 18.4. The third-order valence-corrected chi connectivity index (χ3v) is 5.47. The highest BCUT2D eigenvalue weighted by Gasteiger charge is 2.46. The monoisotopic (exact) mass is 490 g/mol. The average molecular weight is 490 g/mol. The summed E-state index contributed by atoms with van der Waals surface area (Å²) in [6.07, 6.45) is -7.22. The highest BCUT2D eigenvalue weighted by molar-refractivity contribution is 5.88. The van der Waals surface area contributed by atoms with Gasteiger partial charge in [0.25, 0.3) is 0 Å². The fraction of sp³-hybridized carbons (Fsp3) is 0.304. The number of phenols is 4. The van der Waals surface area contributed by atoms with Gasteiger partial charge in [-0.3, -0.25) is 9.59 Å². The van der Waals surface area contributed by atoms with E-state index >= 15 is 0 Å². The Balaban J connectivity index is 1.84. The van der Waals surface area contributed by atoms with E-state index in [-0.39, 0.29) is 22.3 Å². The topological polar surface area (TPSA) is 196 Å². The van der Waals surface area contributed by atoms with Crippen LogP contribution in [0.5, 0.6) is 28.7 Å². The Morgan fingerprint density at radius 2 is 1.69 bits per heavy atom. The Morgan fingerprint density at radius 3 is 2.34 bits per heavy atom. The summed E-state index contributed by atoms with van der Waals surface area (Å²) in [5.41, 5.74) is -1.10. The summed E-state index contributed by atoms with van der Waals surface area (Å²) in [5, 5.41) is 60.3. The molecule has 0 amide bonds. The number of aromatic hydroxyl groups is 4. The predicted octanol–water partition coefficient (Wildman–Crippen LogP) is 1.06. The molecule has 35 heavy (non-hydrogen) atoms. The average Bonchev–Trinajstić information content (AvgIpc) is 2.77. The first kappa shape index (κ1) is 24.1. The van der Waals surface area contributed by atoms with Gasteiger partial charge in [0.2, 0.25) is 17.5 Å². The standard InChI is InChI=1S/C23H22O12/c1-8-20(33-9(2)24)18(30)19(31)23(32-8)35-22-17(29)16-14(28)6-11(25)7-15(16)34-21(22)10-3-4-12(26)13(27)5-10/h3-8,18-20,23,25-28,30-31H,1-2H3/t8-,18-,19+,20-,23-/m0/s1. The summed E-state index contributed by atoms with van der Waals surface area (Å²) in [6.45, 7) is 2.58. The van der Waals surface area contributed by atoms with E-state index in [1.807, 2.05) is 0 Å². The second-order valence-electron chi connectivity index (χ2n) is 8.01. The van der Waals surface area contributed by atoms with Gasteiger partial charge >= 0.3 is 5.97 Å². The number of esters is 1. The maximum Gasteiger partial charge on any atom is 0.303 e. The molecule has 0 unspecified atom stereocenters. The predicted molar refractivity (Wildman–Crippen MR) is 117 cm³/mol. The summed E-state index contributed by atoms with van der Waals surface area (Å²) < 4.78 is 21.9. The number of carbonyl (C=O) groups excluding carboxylic acids is 1. The molecule has 0 aliphatic carbocycles. The quantitative estimate of drug-likeness (QED) is 0.225. The van der Waals surface area contributed by atoms with Crippen LogP contribution in [0.25, 0.3) is 22.3 Å². The molecule has 1 fully saturated rings. The smallest absolute Gasteiger partial charge is 0.303 e. The van der Waals surface area contributed by atoms with Crippen molar-refractivity contribution in [1.29, 1.82) is 0 Å².